The van der Waals surface area contributed by atoms with Gasteiger partial charge in [-0.25, -0.2) is 9.13 Å². The Morgan fingerprint density at radius 3 is 0.562 bits per heavy atom. The van der Waals surface area contributed by atoms with Gasteiger partial charge in [-0.05, 0) is 175 Å². The topological polar surface area (TPSA) is 71.1 Å². The number of aryl methyl sites for hydroxylation is 4. The van der Waals surface area contributed by atoms with Gasteiger partial charge < -0.3 is 18.1 Å². The second kappa shape index (κ2) is 21.6. The van der Waals surface area contributed by atoms with Crippen molar-refractivity contribution < 1.29 is 27.2 Å². The summed E-state index contributed by atoms with van der Waals surface area (Å²) in [6, 6.07) is 32.3. The molecular weight excluding hydrogens is 1020 g/mol. The highest BCUT2D eigenvalue weighted by molar-refractivity contribution is 7.63. The molecule has 0 bridgehead atoms. The fourth-order valence-electron chi connectivity index (χ4n) is 11.0. The Kier molecular flexibility index (Phi) is 17.3. The molecule has 0 aliphatic heterocycles. The Hall–Kier alpha value is -5.02. The van der Waals surface area contributed by atoms with Gasteiger partial charge in [0.05, 0.1) is 10.6 Å². The average Bonchev–Trinajstić information content (AvgIpc) is 3.25. The Morgan fingerprint density at radius 2 is 0.412 bits per heavy atom. The summed E-state index contributed by atoms with van der Waals surface area (Å²) in [6.45, 7) is 60.9. The summed E-state index contributed by atoms with van der Waals surface area (Å²) in [4.78, 5) is 0. The van der Waals surface area contributed by atoms with E-state index < -0.39 is 15.2 Å². The Morgan fingerprint density at radius 1 is 0.250 bits per heavy atom. The smallest absolute Gasteiger partial charge is 0.412 e. The second-order valence-corrected chi connectivity index (χ2v) is 34.9. The summed E-state index contributed by atoms with van der Waals surface area (Å²) in [5.74, 6) is 2.13. The second-order valence-electron chi connectivity index (χ2n) is 31.1. The minimum absolute atomic E-state index is 0.123. The first kappa shape index (κ1) is 64.2. The summed E-state index contributed by atoms with van der Waals surface area (Å²) in [5, 5.41) is 0.840. The molecule has 0 aliphatic rings. The van der Waals surface area contributed by atoms with Crippen LogP contribution in [0.5, 0.6) is 23.0 Å². The van der Waals surface area contributed by atoms with Crippen LogP contribution in [0, 0.1) is 27.7 Å². The molecule has 0 radical (unpaired) electrons. The van der Waals surface area contributed by atoms with Crippen molar-refractivity contribution >= 4 is 25.8 Å². The van der Waals surface area contributed by atoms with Crippen molar-refractivity contribution in [1.29, 1.82) is 0 Å². The summed E-state index contributed by atoms with van der Waals surface area (Å²) in [6.07, 6.45) is 0. The van der Waals surface area contributed by atoms with Gasteiger partial charge in [-0.3, -0.25) is 0 Å². The summed E-state index contributed by atoms with van der Waals surface area (Å²) in [7, 11) is -8.41. The van der Waals surface area contributed by atoms with Crippen LogP contribution in [0.25, 0.3) is 11.1 Å². The molecule has 8 heteroatoms. The molecule has 0 saturated heterocycles. The maximum atomic E-state index is 16.2. The van der Waals surface area contributed by atoms with E-state index in [1.165, 1.54) is 22.3 Å². The van der Waals surface area contributed by atoms with E-state index in [-0.39, 0.29) is 43.3 Å². The predicted molar refractivity (Wildman–Crippen MR) is 343 cm³/mol. The first-order valence-corrected chi connectivity index (χ1v) is 32.0. The standard InChI is InChI=1S/C72H100O6P2/c1-45-37-61(57(69(17,18)19)41-53(45)65(5,6)7)75-79(73,76-62-38-46(2)54(66(8,9)10)42-58(62)70(20,21)22)51-33-29-49(30-34-51)50-31-35-52(36-32-50)80(74,77-63-39-47(3)55(67(11,12)13)43-59(63)71(23,24)25)78-64-40-48(4)56(68(14,15)16)44-60(64)72(26,27)28/h29-44H,1-28H3. The van der Waals surface area contributed by atoms with Crippen LogP contribution >= 0.6 is 15.2 Å². The SMILES string of the molecule is Cc1cc(OP(=O)(Oc2cc(C)c(C(C)(C)C)cc2C(C)(C)C)c2ccc(-c3ccc(P(=O)(Oc4cc(C)c(C(C)(C)C)cc4C(C)(C)C)Oc4cc(C)c(C(C)(C)C)cc4C(C)(C)C)cc3)cc2)c(C(C)(C)C)cc1C(C)(C)C. The van der Waals surface area contributed by atoms with E-state index in [9.17, 15) is 0 Å². The zero-order valence-corrected chi connectivity index (χ0v) is 56.4. The normalized spacial score (nSPS) is 13.6. The van der Waals surface area contributed by atoms with Crippen LogP contribution in [0.4, 0.5) is 0 Å². The van der Waals surface area contributed by atoms with E-state index in [2.05, 4.69) is 218 Å². The third-order valence-corrected chi connectivity index (χ3v) is 19.0. The largest absolute Gasteiger partial charge is 0.462 e. The molecule has 80 heavy (non-hydrogen) atoms. The molecule has 0 fully saturated rings. The van der Waals surface area contributed by atoms with Crippen LogP contribution in [0.2, 0.25) is 0 Å². The maximum Gasteiger partial charge on any atom is 0.462 e. The molecular formula is C72H100O6P2. The lowest BCUT2D eigenvalue weighted by Gasteiger charge is -2.32. The van der Waals surface area contributed by atoms with Crippen LogP contribution in [0.15, 0.2) is 97.1 Å². The molecule has 0 aromatic heterocycles. The highest BCUT2D eigenvalue weighted by atomic mass is 31.2. The van der Waals surface area contributed by atoms with E-state index in [0.717, 1.165) is 55.6 Å². The zero-order valence-electron chi connectivity index (χ0n) is 54.6. The average molecular weight is 1120 g/mol. The van der Waals surface area contributed by atoms with Gasteiger partial charge in [0.15, 0.2) is 0 Å². The molecule has 6 aromatic rings. The van der Waals surface area contributed by atoms with Crippen LogP contribution in [0.3, 0.4) is 0 Å². The lowest BCUT2D eigenvalue weighted by Crippen LogP contribution is -2.22. The number of rotatable bonds is 11. The molecule has 0 unspecified atom stereocenters. The van der Waals surface area contributed by atoms with E-state index in [4.69, 9.17) is 18.1 Å². The van der Waals surface area contributed by atoms with Gasteiger partial charge in [0.25, 0.3) is 0 Å². The molecule has 6 aromatic carbocycles. The molecule has 0 saturated carbocycles. The fraction of sp³-hybridized carbons (Fsp3) is 0.500. The number of hydrogen-bond donors (Lipinski definition) is 0. The lowest BCUT2D eigenvalue weighted by atomic mass is 9.78. The Bertz CT molecular complexity index is 2950. The van der Waals surface area contributed by atoms with E-state index in [0.29, 0.717) is 33.6 Å². The van der Waals surface area contributed by atoms with Gasteiger partial charge in [0, 0.05) is 22.3 Å². The van der Waals surface area contributed by atoms with Crippen LogP contribution < -0.4 is 28.7 Å². The summed E-state index contributed by atoms with van der Waals surface area (Å²) >= 11 is 0. The molecule has 0 atom stereocenters. The van der Waals surface area contributed by atoms with Crippen LogP contribution in [0.1, 0.15) is 233 Å². The summed E-state index contributed by atoms with van der Waals surface area (Å²) < 4.78 is 60.5. The first-order valence-electron chi connectivity index (χ1n) is 28.9. The highest BCUT2D eigenvalue weighted by Crippen LogP contribution is 2.55. The van der Waals surface area contributed by atoms with Crippen molar-refractivity contribution in [3.8, 4) is 34.1 Å². The van der Waals surface area contributed by atoms with Crippen molar-refractivity contribution in [2.24, 2.45) is 0 Å². The molecule has 6 nitrogen and oxygen atoms in total. The summed E-state index contributed by atoms with van der Waals surface area (Å²) in [5.41, 5.74) is 12.7. The number of hydrogen-bond acceptors (Lipinski definition) is 6. The van der Waals surface area contributed by atoms with Crippen molar-refractivity contribution in [1.82, 2.24) is 0 Å². The Balaban J connectivity index is 1.53. The quantitative estimate of drug-likeness (QED) is 0.120. The van der Waals surface area contributed by atoms with E-state index in [1.807, 2.05) is 72.8 Å². The molecule has 0 heterocycles. The molecule has 0 spiro atoms. The van der Waals surface area contributed by atoms with Crippen molar-refractivity contribution in [3.63, 3.8) is 0 Å². The lowest BCUT2D eigenvalue weighted by molar-refractivity contribution is 0.385. The predicted octanol–water partition coefficient (Wildman–Crippen LogP) is 20.9. The third kappa shape index (κ3) is 14.2. The first-order chi connectivity index (χ1) is 36.0. The molecule has 434 valence electrons. The minimum atomic E-state index is -4.20. The zero-order chi connectivity index (χ0) is 60.7. The minimum Gasteiger partial charge on any atom is -0.412 e. The van der Waals surface area contributed by atoms with Crippen LogP contribution in [-0.2, 0) is 52.5 Å². The van der Waals surface area contributed by atoms with E-state index >= 15 is 9.13 Å². The highest BCUT2D eigenvalue weighted by Gasteiger charge is 2.40. The molecule has 6 rings (SSSR count). The number of benzene rings is 6. The van der Waals surface area contributed by atoms with Crippen LogP contribution in [-0.4, -0.2) is 0 Å². The van der Waals surface area contributed by atoms with Crippen molar-refractivity contribution in [3.05, 3.63) is 164 Å². The maximum absolute atomic E-state index is 16.2. The van der Waals surface area contributed by atoms with Gasteiger partial charge in [-0.1, -0.05) is 215 Å². The van der Waals surface area contributed by atoms with Gasteiger partial charge in [0.2, 0.25) is 0 Å². The van der Waals surface area contributed by atoms with Gasteiger partial charge in [-0.2, -0.15) is 0 Å². The molecule has 0 N–H and O–H groups in total. The van der Waals surface area contributed by atoms with Crippen molar-refractivity contribution in [2.45, 2.75) is 237 Å². The Labute approximate surface area is 485 Å². The van der Waals surface area contributed by atoms with Gasteiger partial charge in [-0.15, -0.1) is 0 Å². The van der Waals surface area contributed by atoms with Crippen molar-refractivity contribution in [2.75, 3.05) is 0 Å². The van der Waals surface area contributed by atoms with Gasteiger partial charge >= 0.3 is 15.2 Å². The van der Waals surface area contributed by atoms with Gasteiger partial charge in [0.1, 0.15) is 23.0 Å². The fourth-order valence-corrected chi connectivity index (χ4v) is 14.2. The molecule has 0 amide bonds. The molecule has 0 aliphatic carbocycles. The van der Waals surface area contributed by atoms with E-state index in [1.54, 1.807) is 0 Å². The third-order valence-electron chi connectivity index (χ3n) is 15.3. The monoisotopic (exact) mass is 1120 g/mol.